The fraction of sp³-hybridized carbons (Fsp3) is 0.182. The third-order valence-corrected chi connectivity index (χ3v) is 4.68. The van der Waals surface area contributed by atoms with Crippen LogP contribution in [0.2, 0.25) is 0 Å². The van der Waals surface area contributed by atoms with Gasteiger partial charge in [0.15, 0.2) is 17.6 Å². The number of aromatic nitrogens is 2. The molecule has 0 bridgehead atoms. The van der Waals surface area contributed by atoms with Crippen molar-refractivity contribution in [3.63, 3.8) is 0 Å². The van der Waals surface area contributed by atoms with Crippen molar-refractivity contribution in [1.82, 2.24) is 15.3 Å². The predicted molar refractivity (Wildman–Crippen MR) is 115 cm³/mol. The first-order valence-corrected chi connectivity index (χ1v) is 9.87. The van der Waals surface area contributed by atoms with Crippen LogP contribution in [0.3, 0.4) is 0 Å². The normalized spacial score (nSPS) is 12.2. The average molecular weight is 495 g/mol. The highest BCUT2D eigenvalue weighted by molar-refractivity contribution is 5.97. The van der Waals surface area contributed by atoms with Gasteiger partial charge in [0.05, 0.1) is 11.9 Å². The van der Waals surface area contributed by atoms with E-state index in [9.17, 15) is 36.6 Å². The molecule has 0 radical (unpaired) electrons. The standard InChI is InChI=1S/C22H18F5N5O3/c1-10-4-14(31-21(35)18(33)11-5-12(23)7-13(24)6-11)2-3-15(10)16-8-29-19(28)17(32-16)20(34)30-9-22(25,26)27/h2-8,18,33H,9H2,1H3,(H2,28,29)(H,30,34)(H,31,35). The number of hydrogen-bond donors (Lipinski definition) is 4. The fourth-order valence-electron chi connectivity index (χ4n) is 3.08. The lowest BCUT2D eigenvalue weighted by molar-refractivity contribution is -0.124. The third kappa shape index (κ3) is 6.47. The van der Waals surface area contributed by atoms with Crippen LogP contribution in [0.15, 0.2) is 42.6 Å². The Balaban J connectivity index is 1.79. The minimum atomic E-state index is -4.62. The van der Waals surface area contributed by atoms with Gasteiger partial charge in [0, 0.05) is 17.3 Å². The van der Waals surface area contributed by atoms with Gasteiger partial charge in [0.2, 0.25) is 0 Å². The number of nitrogens with two attached hydrogens (primary N) is 1. The largest absolute Gasteiger partial charge is 0.405 e. The lowest BCUT2D eigenvalue weighted by atomic mass is 10.0. The highest BCUT2D eigenvalue weighted by Gasteiger charge is 2.29. The van der Waals surface area contributed by atoms with Crippen molar-refractivity contribution in [2.24, 2.45) is 0 Å². The summed E-state index contributed by atoms with van der Waals surface area (Å²) in [6, 6.07) is 6.63. The van der Waals surface area contributed by atoms with Crippen molar-refractivity contribution in [3.8, 4) is 11.3 Å². The van der Waals surface area contributed by atoms with E-state index in [2.05, 4.69) is 15.3 Å². The molecule has 0 fully saturated rings. The Kier molecular flexibility index (Phi) is 7.29. The molecule has 0 saturated heterocycles. The van der Waals surface area contributed by atoms with Gasteiger partial charge in [-0.05, 0) is 42.3 Å². The molecule has 2 aromatic carbocycles. The zero-order valence-corrected chi connectivity index (χ0v) is 18.0. The molecule has 0 saturated carbocycles. The first kappa shape index (κ1) is 25.5. The summed E-state index contributed by atoms with van der Waals surface area (Å²) in [5.41, 5.74) is 6.10. The molecule has 1 heterocycles. The Labute approximate surface area is 195 Å². The zero-order valence-electron chi connectivity index (χ0n) is 18.0. The number of nitrogens with zero attached hydrogens (tertiary/aromatic N) is 2. The molecule has 1 aromatic heterocycles. The number of nitrogens with one attached hydrogen (secondary N) is 2. The molecule has 0 spiro atoms. The Morgan fingerprint density at radius 3 is 2.37 bits per heavy atom. The summed E-state index contributed by atoms with van der Waals surface area (Å²) in [4.78, 5) is 32.2. The van der Waals surface area contributed by atoms with E-state index in [4.69, 9.17) is 5.73 Å². The molecule has 0 aliphatic rings. The molecule has 1 atom stereocenters. The monoisotopic (exact) mass is 495 g/mol. The second-order valence-electron chi connectivity index (χ2n) is 7.41. The molecular weight excluding hydrogens is 477 g/mol. The molecule has 3 rings (SSSR count). The molecule has 5 N–H and O–H groups in total. The van der Waals surface area contributed by atoms with Crippen LogP contribution in [0, 0.1) is 18.6 Å². The van der Waals surface area contributed by atoms with Crippen LogP contribution in [-0.4, -0.2) is 39.6 Å². The average Bonchev–Trinajstić information content (AvgIpc) is 2.76. The highest BCUT2D eigenvalue weighted by atomic mass is 19.4. The van der Waals surface area contributed by atoms with Crippen LogP contribution in [0.25, 0.3) is 11.3 Å². The summed E-state index contributed by atoms with van der Waals surface area (Å²) >= 11 is 0. The van der Waals surface area contributed by atoms with Gasteiger partial charge >= 0.3 is 6.18 Å². The third-order valence-electron chi connectivity index (χ3n) is 4.68. The van der Waals surface area contributed by atoms with E-state index in [0.717, 1.165) is 12.1 Å². The van der Waals surface area contributed by atoms with Crippen molar-refractivity contribution < 1.29 is 36.6 Å². The number of nitrogen functional groups attached to an aromatic ring is 1. The number of rotatable bonds is 6. The Hall–Kier alpha value is -4.13. The predicted octanol–water partition coefficient (Wildman–Crippen LogP) is 3.28. The van der Waals surface area contributed by atoms with Gasteiger partial charge in [-0.25, -0.2) is 18.7 Å². The van der Waals surface area contributed by atoms with Crippen LogP contribution in [0.4, 0.5) is 33.5 Å². The van der Waals surface area contributed by atoms with E-state index >= 15 is 0 Å². The smallest absolute Gasteiger partial charge is 0.382 e. The Morgan fingerprint density at radius 1 is 1.11 bits per heavy atom. The van der Waals surface area contributed by atoms with Gasteiger partial charge in [-0.1, -0.05) is 6.07 Å². The topological polar surface area (TPSA) is 130 Å². The summed E-state index contributed by atoms with van der Waals surface area (Å²) < 4.78 is 63.9. The van der Waals surface area contributed by atoms with E-state index in [-0.39, 0.29) is 22.8 Å². The zero-order chi connectivity index (χ0) is 25.9. The van der Waals surface area contributed by atoms with Gasteiger partial charge in [0.1, 0.15) is 18.2 Å². The Bertz CT molecular complexity index is 1260. The second-order valence-corrected chi connectivity index (χ2v) is 7.41. The Morgan fingerprint density at radius 2 is 1.77 bits per heavy atom. The van der Waals surface area contributed by atoms with Crippen molar-refractivity contribution in [2.45, 2.75) is 19.2 Å². The quantitative estimate of drug-likeness (QED) is 0.389. The molecule has 3 aromatic rings. The van der Waals surface area contributed by atoms with E-state index in [0.29, 0.717) is 17.2 Å². The number of anilines is 2. The van der Waals surface area contributed by atoms with Gasteiger partial charge in [-0.2, -0.15) is 13.2 Å². The van der Waals surface area contributed by atoms with Gasteiger partial charge in [-0.3, -0.25) is 9.59 Å². The molecule has 184 valence electrons. The van der Waals surface area contributed by atoms with Crippen LogP contribution in [0.1, 0.15) is 27.7 Å². The van der Waals surface area contributed by atoms with Crippen molar-refractivity contribution >= 4 is 23.3 Å². The molecule has 0 aliphatic heterocycles. The van der Waals surface area contributed by atoms with Crippen molar-refractivity contribution in [1.29, 1.82) is 0 Å². The highest BCUT2D eigenvalue weighted by Crippen LogP contribution is 2.26. The molecule has 2 amide bonds. The van der Waals surface area contributed by atoms with Gasteiger partial charge in [-0.15, -0.1) is 0 Å². The summed E-state index contributed by atoms with van der Waals surface area (Å²) in [6.45, 7) is 0.0452. The fourth-order valence-corrected chi connectivity index (χ4v) is 3.08. The summed E-state index contributed by atoms with van der Waals surface area (Å²) in [6.07, 6.45) is -5.25. The summed E-state index contributed by atoms with van der Waals surface area (Å²) in [5.74, 6) is -4.37. The van der Waals surface area contributed by atoms with Crippen molar-refractivity contribution in [3.05, 3.63) is 71.1 Å². The SMILES string of the molecule is Cc1cc(NC(=O)C(O)c2cc(F)cc(F)c2)ccc1-c1cnc(N)c(C(=O)NCC(F)(F)F)n1. The minimum absolute atomic E-state index is 0.127. The molecule has 35 heavy (non-hydrogen) atoms. The maximum atomic E-state index is 13.4. The van der Waals surface area contributed by atoms with E-state index in [1.807, 2.05) is 0 Å². The number of benzene rings is 2. The van der Waals surface area contributed by atoms with Gasteiger partial charge < -0.3 is 21.5 Å². The number of carbonyl (C=O) groups is 2. The molecule has 8 nitrogen and oxygen atoms in total. The lowest BCUT2D eigenvalue weighted by Gasteiger charge is -2.14. The molecule has 0 aliphatic carbocycles. The first-order chi connectivity index (χ1) is 16.3. The maximum absolute atomic E-state index is 13.4. The van der Waals surface area contributed by atoms with Crippen LogP contribution in [0.5, 0.6) is 0 Å². The number of alkyl halides is 3. The van der Waals surface area contributed by atoms with E-state index < -0.39 is 48.0 Å². The molecular formula is C22H18F5N5O3. The summed E-state index contributed by atoms with van der Waals surface area (Å²) in [5, 5.41) is 14.2. The number of hydrogen-bond acceptors (Lipinski definition) is 6. The number of aliphatic hydroxyl groups excluding tert-OH is 1. The maximum Gasteiger partial charge on any atom is 0.405 e. The lowest BCUT2D eigenvalue weighted by Crippen LogP contribution is -2.34. The van der Waals surface area contributed by atoms with E-state index in [1.54, 1.807) is 12.2 Å². The molecule has 13 heteroatoms. The van der Waals surface area contributed by atoms with Gasteiger partial charge in [0.25, 0.3) is 11.8 Å². The molecule has 1 unspecified atom stereocenters. The van der Waals surface area contributed by atoms with Crippen LogP contribution < -0.4 is 16.4 Å². The van der Waals surface area contributed by atoms with Crippen LogP contribution in [-0.2, 0) is 4.79 Å². The first-order valence-electron chi connectivity index (χ1n) is 9.87. The number of halogens is 5. The number of aryl methyl sites for hydroxylation is 1. The van der Waals surface area contributed by atoms with Crippen LogP contribution >= 0.6 is 0 Å². The second kappa shape index (κ2) is 10.0. The number of carbonyl (C=O) groups excluding carboxylic acids is 2. The number of aliphatic hydroxyl groups is 1. The minimum Gasteiger partial charge on any atom is -0.382 e. The van der Waals surface area contributed by atoms with E-state index in [1.165, 1.54) is 24.4 Å². The van der Waals surface area contributed by atoms with Crippen molar-refractivity contribution in [2.75, 3.05) is 17.6 Å². The number of amides is 2. The summed E-state index contributed by atoms with van der Waals surface area (Å²) in [7, 11) is 0.